The van der Waals surface area contributed by atoms with Gasteiger partial charge in [0.15, 0.2) is 0 Å². The van der Waals surface area contributed by atoms with E-state index in [9.17, 15) is 13.2 Å². The van der Waals surface area contributed by atoms with Gasteiger partial charge in [-0.3, -0.25) is 9.52 Å². The lowest BCUT2D eigenvalue weighted by Crippen LogP contribution is -2.22. The molecular formula is C15H15BrN2O3S. The highest BCUT2D eigenvalue weighted by Gasteiger charge is 2.14. The molecule has 0 aromatic heterocycles. The fraction of sp³-hybridized carbons (Fsp3) is 0.133. The van der Waals surface area contributed by atoms with Gasteiger partial charge in [0.2, 0.25) is 5.91 Å². The summed E-state index contributed by atoms with van der Waals surface area (Å²) in [5, 5.41) is 0. The first-order valence-electron chi connectivity index (χ1n) is 6.42. The molecular weight excluding hydrogens is 368 g/mol. The Morgan fingerprint density at radius 3 is 2.09 bits per heavy atom. The van der Waals surface area contributed by atoms with Gasteiger partial charge in [0.25, 0.3) is 10.0 Å². The molecule has 0 atom stereocenters. The first-order chi connectivity index (χ1) is 10.3. The van der Waals surface area contributed by atoms with E-state index in [1.807, 2.05) is 0 Å². The molecule has 0 unspecified atom stereocenters. The number of carbonyl (C=O) groups excluding carboxylic acids is 1. The summed E-state index contributed by atoms with van der Waals surface area (Å²) in [6, 6.07) is 13.0. The minimum absolute atomic E-state index is 0.0943. The molecule has 2 aromatic rings. The molecule has 0 radical (unpaired) electrons. The molecule has 0 saturated heterocycles. The van der Waals surface area contributed by atoms with Gasteiger partial charge in [-0.2, -0.15) is 0 Å². The van der Waals surface area contributed by atoms with Crippen LogP contribution in [0.4, 0.5) is 11.4 Å². The summed E-state index contributed by atoms with van der Waals surface area (Å²) < 4.78 is 27.8. The Bertz CT molecular complexity index is 771. The van der Waals surface area contributed by atoms with Crippen molar-refractivity contribution in [2.24, 2.45) is 0 Å². The van der Waals surface area contributed by atoms with E-state index in [1.54, 1.807) is 43.4 Å². The van der Waals surface area contributed by atoms with Crippen LogP contribution in [0.5, 0.6) is 0 Å². The highest BCUT2D eigenvalue weighted by molar-refractivity contribution is 9.10. The Hall–Kier alpha value is -1.86. The third kappa shape index (κ3) is 3.86. The molecule has 0 aliphatic heterocycles. The second-order valence-electron chi connectivity index (χ2n) is 4.68. The smallest absolute Gasteiger partial charge is 0.261 e. The summed E-state index contributed by atoms with van der Waals surface area (Å²) in [5.41, 5.74) is 1.13. The van der Waals surface area contributed by atoms with Gasteiger partial charge in [0.05, 0.1) is 4.90 Å². The molecule has 0 saturated carbocycles. The molecule has 22 heavy (non-hydrogen) atoms. The fourth-order valence-electron chi connectivity index (χ4n) is 1.76. The molecule has 2 aromatic carbocycles. The maximum Gasteiger partial charge on any atom is 0.261 e. The van der Waals surface area contributed by atoms with Crippen LogP contribution in [0.1, 0.15) is 6.92 Å². The predicted molar refractivity (Wildman–Crippen MR) is 90.5 cm³/mol. The van der Waals surface area contributed by atoms with Gasteiger partial charge < -0.3 is 4.90 Å². The molecule has 0 bridgehead atoms. The lowest BCUT2D eigenvalue weighted by molar-refractivity contribution is -0.116. The number of nitrogens with zero attached hydrogens (tertiary/aromatic N) is 1. The van der Waals surface area contributed by atoms with Crippen molar-refractivity contribution < 1.29 is 13.2 Å². The van der Waals surface area contributed by atoms with Crippen LogP contribution < -0.4 is 9.62 Å². The van der Waals surface area contributed by atoms with Crippen LogP contribution in [0.15, 0.2) is 57.9 Å². The van der Waals surface area contributed by atoms with Crippen LogP contribution in [-0.4, -0.2) is 21.4 Å². The number of amides is 1. The molecule has 0 aliphatic rings. The van der Waals surface area contributed by atoms with E-state index >= 15 is 0 Å². The van der Waals surface area contributed by atoms with Crippen molar-refractivity contribution in [3.63, 3.8) is 0 Å². The number of hydrogen-bond donors (Lipinski definition) is 1. The number of anilines is 2. The minimum Gasteiger partial charge on any atom is -0.316 e. The molecule has 0 aliphatic carbocycles. The van der Waals surface area contributed by atoms with E-state index in [4.69, 9.17) is 0 Å². The lowest BCUT2D eigenvalue weighted by Gasteiger charge is -2.15. The average Bonchev–Trinajstić information content (AvgIpc) is 2.47. The van der Waals surface area contributed by atoms with Gasteiger partial charge >= 0.3 is 0 Å². The Morgan fingerprint density at radius 1 is 1.05 bits per heavy atom. The SMILES string of the molecule is CC(=O)N(C)c1ccc(NS(=O)(=O)c2ccc(Br)cc2)cc1. The standard InChI is InChI=1S/C15H15BrN2O3S/c1-11(19)18(2)14-7-5-13(6-8-14)17-22(20,21)15-9-3-12(16)4-10-15/h3-10,17H,1-2H3. The van der Waals surface area contributed by atoms with E-state index in [-0.39, 0.29) is 10.8 Å². The lowest BCUT2D eigenvalue weighted by atomic mass is 10.2. The molecule has 116 valence electrons. The molecule has 5 nitrogen and oxygen atoms in total. The predicted octanol–water partition coefficient (Wildman–Crippen LogP) is 3.23. The highest BCUT2D eigenvalue weighted by Crippen LogP contribution is 2.21. The van der Waals surface area contributed by atoms with Crippen LogP contribution in [0.3, 0.4) is 0 Å². The van der Waals surface area contributed by atoms with Crippen molar-refractivity contribution in [1.82, 2.24) is 0 Å². The van der Waals surface area contributed by atoms with E-state index in [0.717, 1.165) is 4.47 Å². The number of nitrogens with one attached hydrogen (secondary N) is 1. The van der Waals surface area contributed by atoms with E-state index < -0.39 is 10.0 Å². The topological polar surface area (TPSA) is 66.5 Å². The van der Waals surface area contributed by atoms with Gasteiger partial charge in [-0.15, -0.1) is 0 Å². The normalized spacial score (nSPS) is 11.0. The highest BCUT2D eigenvalue weighted by atomic mass is 79.9. The van der Waals surface area contributed by atoms with Gasteiger partial charge in [-0.25, -0.2) is 8.42 Å². The Kier molecular flexibility index (Phi) is 4.87. The van der Waals surface area contributed by atoms with Crippen molar-refractivity contribution in [2.45, 2.75) is 11.8 Å². The average molecular weight is 383 g/mol. The first kappa shape index (κ1) is 16.5. The summed E-state index contributed by atoms with van der Waals surface area (Å²) in [5.74, 6) is -0.0943. The van der Waals surface area contributed by atoms with E-state index in [1.165, 1.54) is 24.0 Å². The Labute approximate surface area is 138 Å². The third-order valence-corrected chi connectivity index (χ3v) is 5.03. The quantitative estimate of drug-likeness (QED) is 0.882. The molecule has 0 spiro atoms. The second kappa shape index (κ2) is 6.50. The zero-order valence-corrected chi connectivity index (χ0v) is 14.5. The zero-order chi connectivity index (χ0) is 16.3. The van der Waals surface area contributed by atoms with E-state index in [0.29, 0.717) is 11.4 Å². The molecule has 1 amide bonds. The van der Waals surface area contributed by atoms with Gasteiger partial charge in [0, 0.05) is 29.8 Å². The second-order valence-corrected chi connectivity index (χ2v) is 7.28. The number of hydrogen-bond acceptors (Lipinski definition) is 3. The van der Waals surface area contributed by atoms with Crippen molar-refractivity contribution in [1.29, 1.82) is 0 Å². The van der Waals surface area contributed by atoms with Crippen LogP contribution in [-0.2, 0) is 14.8 Å². The first-order valence-corrected chi connectivity index (χ1v) is 8.70. The molecule has 0 heterocycles. The number of halogens is 1. The van der Waals surface area contributed by atoms with Gasteiger partial charge in [-0.1, -0.05) is 15.9 Å². The molecule has 2 rings (SSSR count). The molecule has 0 fully saturated rings. The van der Waals surface area contributed by atoms with Gasteiger partial charge in [0.1, 0.15) is 0 Å². The number of rotatable bonds is 4. The number of sulfonamides is 1. The summed E-state index contributed by atoms with van der Waals surface area (Å²) in [6.07, 6.45) is 0. The largest absolute Gasteiger partial charge is 0.316 e. The van der Waals surface area contributed by atoms with Crippen molar-refractivity contribution >= 4 is 43.2 Å². The van der Waals surface area contributed by atoms with Crippen LogP contribution in [0.2, 0.25) is 0 Å². The third-order valence-electron chi connectivity index (χ3n) is 3.10. The van der Waals surface area contributed by atoms with Crippen molar-refractivity contribution in [3.8, 4) is 0 Å². The molecule has 7 heteroatoms. The van der Waals surface area contributed by atoms with Crippen LogP contribution >= 0.6 is 15.9 Å². The number of carbonyl (C=O) groups is 1. The van der Waals surface area contributed by atoms with Crippen LogP contribution in [0, 0.1) is 0 Å². The van der Waals surface area contributed by atoms with E-state index in [2.05, 4.69) is 20.7 Å². The number of benzene rings is 2. The van der Waals surface area contributed by atoms with Gasteiger partial charge in [-0.05, 0) is 48.5 Å². The summed E-state index contributed by atoms with van der Waals surface area (Å²) >= 11 is 3.26. The monoisotopic (exact) mass is 382 g/mol. The Morgan fingerprint density at radius 2 is 1.59 bits per heavy atom. The van der Waals surface area contributed by atoms with Crippen molar-refractivity contribution in [3.05, 3.63) is 53.0 Å². The maximum absolute atomic E-state index is 12.2. The summed E-state index contributed by atoms with van der Waals surface area (Å²) in [6.45, 7) is 1.46. The maximum atomic E-state index is 12.2. The minimum atomic E-state index is -3.63. The van der Waals surface area contributed by atoms with Crippen LogP contribution in [0.25, 0.3) is 0 Å². The fourth-order valence-corrected chi connectivity index (χ4v) is 3.09. The zero-order valence-electron chi connectivity index (χ0n) is 12.1. The van der Waals surface area contributed by atoms with Crippen molar-refractivity contribution in [2.75, 3.05) is 16.7 Å². The summed E-state index contributed by atoms with van der Waals surface area (Å²) in [7, 11) is -1.97. The Balaban J connectivity index is 2.20. The molecule has 1 N–H and O–H groups in total. The summed E-state index contributed by atoms with van der Waals surface area (Å²) in [4.78, 5) is 12.9.